The molecule has 0 saturated carbocycles. The fraction of sp³-hybridized carbons (Fsp3) is 0.588. The smallest absolute Gasteiger partial charge is 0.319 e. The molecule has 132 valence electrons. The van der Waals surface area contributed by atoms with E-state index in [1.54, 1.807) is 0 Å². The lowest BCUT2D eigenvalue weighted by Gasteiger charge is -2.29. The van der Waals surface area contributed by atoms with Gasteiger partial charge in [0, 0.05) is 47.8 Å². The number of thioether (sulfide) groups is 2. The number of anilines is 2. The number of hydrogen-bond donors (Lipinski definition) is 2. The lowest BCUT2D eigenvalue weighted by molar-refractivity contribution is 0.252. The van der Waals surface area contributed by atoms with E-state index in [4.69, 9.17) is 11.6 Å². The molecule has 0 unspecified atom stereocenters. The molecule has 7 heteroatoms. The second-order valence-electron chi connectivity index (χ2n) is 6.12. The molecule has 0 spiro atoms. The third-order valence-corrected chi connectivity index (χ3v) is 7.43. The highest BCUT2D eigenvalue weighted by molar-refractivity contribution is 8.06. The van der Waals surface area contributed by atoms with Crippen LogP contribution < -0.4 is 15.5 Å². The lowest BCUT2D eigenvalue weighted by atomic mass is 10.1. The standard InChI is InChI=1S/C17H24ClN3OS2/c18-15-10-13(4-5-16(15)21-6-2-1-3-7-21)20-17(22)19-11-14-12-23-8-9-24-14/h4-5,10,14H,1-3,6-9,11-12H2,(H2,19,20,22)/t14-/m1/s1. The highest BCUT2D eigenvalue weighted by Crippen LogP contribution is 2.30. The normalized spacial score (nSPS) is 21.4. The van der Waals surface area contributed by atoms with Crippen molar-refractivity contribution in [1.82, 2.24) is 5.32 Å². The van der Waals surface area contributed by atoms with Crippen LogP contribution in [0.3, 0.4) is 0 Å². The Morgan fingerprint density at radius 3 is 2.79 bits per heavy atom. The molecule has 2 fully saturated rings. The number of carbonyl (C=O) groups excluding carboxylic acids is 1. The van der Waals surface area contributed by atoms with E-state index < -0.39 is 0 Å². The maximum Gasteiger partial charge on any atom is 0.319 e. The van der Waals surface area contributed by atoms with Gasteiger partial charge in [-0.1, -0.05) is 11.6 Å². The first-order chi connectivity index (χ1) is 11.7. The van der Waals surface area contributed by atoms with Gasteiger partial charge >= 0.3 is 6.03 Å². The average Bonchev–Trinajstić information content (AvgIpc) is 2.62. The van der Waals surface area contributed by atoms with Gasteiger partial charge in [0.1, 0.15) is 0 Å². The van der Waals surface area contributed by atoms with Gasteiger partial charge in [-0.25, -0.2) is 4.79 Å². The minimum atomic E-state index is -0.159. The van der Waals surface area contributed by atoms with Crippen LogP contribution in [0.4, 0.5) is 16.2 Å². The van der Waals surface area contributed by atoms with Gasteiger partial charge in [0.2, 0.25) is 0 Å². The summed E-state index contributed by atoms with van der Waals surface area (Å²) in [6.07, 6.45) is 3.73. The van der Waals surface area contributed by atoms with Crippen LogP contribution in [-0.2, 0) is 0 Å². The van der Waals surface area contributed by atoms with Crippen LogP contribution in [0, 0.1) is 0 Å². The maximum atomic E-state index is 12.1. The molecule has 2 saturated heterocycles. The Hall–Kier alpha value is -0.720. The predicted molar refractivity (Wildman–Crippen MR) is 108 cm³/mol. The first kappa shape index (κ1) is 18.1. The van der Waals surface area contributed by atoms with Gasteiger partial charge in [0.05, 0.1) is 10.7 Å². The third kappa shape index (κ3) is 5.14. The van der Waals surface area contributed by atoms with Gasteiger partial charge in [-0.15, -0.1) is 0 Å². The lowest BCUT2D eigenvalue weighted by Crippen LogP contribution is -2.36. The van der Waals surface area contributed by atoms with Crippen LogP contribution in [0.5, 0.6) is 0 Å². The van der Waals surface area contributed by atoms with Gasteiger partial charge in [-0.3, -0.25) is 0 Å². The topological polar surface area (TPSA) is 44.4 Å². The number of carbonyl (C=O) groups is 1. The molecule has 24 heavy (non-hydrogen) atoms. The zero-order valence-electron chi connectivity index (χ0n) is 13.7. The molecule has 2 amide bonds. The zero-order chi connectivity index (χ0) is 16.8. The number of nitrogens with one attached hydrogen (secondary N) is 2. The zero-order valence-corrected chi connectivity index (χ0v) is 16.1. The molecule has 0 aliphatic carbocycles. The van der Waals surface area contributed by atoms with Crippen LogP contribution >= 0.6 is 35.1 Å². The van der Waals surface area contributed by atoms with Crippen molar-refractivity contribution >= 4 is 52.5 Å². The van der Waals surface area contributed by atoms with E-state index in [1.165, 1.54) is 30.8 Å². The quantitative estimate of drug-likeness (QED) is 0.810. The fourth-order valence-corrected chi connectivity index (χ4v) is 5.92. The Kier molecular flexibility index (Phi) is 6.86. The van der Waals surface area contributed by atoms with Crippen LogP contribution in [0.15, 0.2) is 18.2 Å². The SMILES string of the molecule is O=C(NC[C@@H]1CSCCS1)Nc1ccc(N2CCCCC2)c(Cl)c1. The summed E-state index contributed by atoms with van der Waals surface area (Å²) in [6.45, 7) is 2.83. The number of hydrogen-bond acceptors (Lipinski definition) is 4. The predicted octanol–water partition coefficient (Wildman–Crippen LogP) is 4.30. The fourth-order valence-electron chi connectivity index (χ4n) is 3.01. The van der Waals surface area contributed by atoms with Crippen LogP contribution in [0.25, 0.3) is 0 Å². The van der Waals surface area contributed by atoms with Crippen LogP contribution in [-0.4, -0.2) is 48.2 Å². The monoisotopic (exact) mass is 385 g/mol. The van der Waals surface area contributed by atoms with E-state index in [0.29, 0.717) is 16.8 Å². The van der Waals surface area contributed by atoms with Crippen molar-refractivity contribution in [2.24, 2.45) is 0 Å². The van der Waals surface area contributed by atoms with E-state index >= 15 is 0 Å². The molecule has 2 N–H and O–H groups in total. The number of halogens is 1. The third-order valence-electron chi connectivity index (χ3n) is 4.28. The summed E-state index contributed by atoms with van der Waals surface area (Å²) < 4.78 is 0. The highest BCUT2D eigenvalue weighted by Gasteiger charge is 2.16. The number of nitrogens with zero attached hydrogens (tertiary/aromatic N) is 1. The summed E-state index contributed by atoms with van der Waals surface area (Å²) in [5, 5.41) is 7.06. The van der Waals surface area contributed by atoms with E-state index in [0.717, 1.165) is 30.2 Å². The van der Waals surface area contributed by atoms with Crippen LogP contribution in [0.1, 0.15) is 19.3 Å². The molecule has 1 atom stereocenters. The molecule has 1 aromatic carbocycles. The summed E-state index contributed by atoms with van der Waals surface area (Å²) in [4.78, 5) is 14.4. The van der Waals surface area contributed by atoms with Crippen molar-refractivity contribution in [3.63, 3.8) is 0 Å². The number of rotatable bonds is 4. The van der Waals surface area contributed by atoms with Gasteiger partial charge in [0.25, 0.3) is 0 Å². The Balaban J connectivity index is 1.51. The van der Waals surface area contributed by atoms with Crippen molar-refractivity contribution in [3.05, 3.63) is 23.2 Å². The second-order valence-corrected chi connectivity index (χ2v) is 9.08. The highest BCUT2D eigenvalue weighted by atomic mass is 35.5. The summed E-state index contributed by atoms with van der Waals surface area (Å²) in [6, 6.07) is 5.63. The molecule has 0 radical (unpaired) electrons. The van der Waals surface area contributed by atoms with Gasteiger partial charge in [-0.2, -0.15) is 23.5 Å². The molecule has 2 aliphatic rings. The van der Waals surface area contributed by atoms with E-state index in [-0.39, 0.29) is 6.03 Å². The maximum absolute atomic E-state index is 12.1. The van der Waals surface area contributed by atoms with E-state index in [1.807, 2.05) is 41.7 Å². The summed E-state index contributed by atoms with van der Waals surface area (Å²) in [5.41, 5.74) is 1.81. The minimum absolute atomic E-state index is 0.159. The Morgan fingerprint density at radius 1 is 1.25 bits per heavy atom. The van der Waals surface area contributed by atoms with Crippen LogP contribution in [0.2, 0.25) is 5.02 Å². The molecule has 3 rings (SSSR count). The molecule has 2 heterocycles. The first-order valence-corrected chi connectivity index (χ1v) is 11.1. The van der Waals surface area contributed by atoms with Crippen molar-refractivity contribution in [3.8, 4) is 0 Å². The summed E-state index contributed by atoms with van der Waals surface area (Å²) in [7, 11) is 0. The largest absolute Gasteiger partial charge is 0.370 e. The van der Waals surface area contributed by atoms with E-state index in [2.05, 4.69) is 15.5 Å². The molecule has 0 bridgehead atoms. The number of benzene rings is 1. The summed E-state index contributed by atoms with van der Waals surface area (Å²) in [5.74, 6) is 3.50. The number of amides is 2. The summed E-state index contributed by atoms with van der Waals surface area (Å²) >= 11 is 10.3. The molecule has 2 aliphatic heterocycles. The molecule has 4 nitrogen and oxygen atoms in total. The Labute approximate surface area is 157 Å². The molecular formula is C17H24ClN3OS2. The van der Waals surface area contributed by atoms with Gasteiger partial charge in [0.15, 0.2) is 0 Å². The van der Waals surface area contributed by atoms with Gasteiger partial charge < -0.3 is 15.5 Å². The van der Waals surface area contributed by atoms with Gasteiger partial charge in [-0.05, 0) is 37.5 Å². The minimum Gasteiger partial charge on any atom is -0.370 e. The molecule has 0 aromatic heterocycles. The molecule has 1 aromatic rings. The average molecular weight is 386 g/mol. The number of piperidine rings is 1. The Bertz CT molecular complexity index is 561. The van der Waals surface area contributed by atoms with Crippen molar-refractivity contribution in [2.75, 3.05) is 47.1 Å². The Morgan fingerprint density at radius 2 is 2.08 bits per heavy atom. The number of urea groups is 1. The van der Waals surface area contributed by atoms with Crippen molar-refractivity contribution in [2.45, 2.75) is 24.5 Å². The second kappa shape index (κ2) is 9.11. The molecular weight excluding hydrogens is 362 g/mol. The van der Waals surface area contributed by atoms with Crippen molar-refractivity contribution < 1.29 is 4.79 Å². The van der Waals surface area contributed by atoms with E-state index in [9.17, 15) is 4.79 Å². The first-order valence-electron chi connectivity index (χ1n) is 8.51. The van der Waals surface area contributed by atoms with Crippen molar-refractivity contribution in [1.29, 1.82) is 0 Å².